The van der Waals surface area contributed by atoms with Crippen LogP contribution in [0, 0.1) is 17.8 Å². The normalized spacial score (nSPS) is 29.8. The van der Waals surface area contributed by atoms with Crippen LogP contribution in [0.1, 0.15) is 53.9 Å². The monoisotopic (exact) mass is 241 g/mol. The molecule has 3 heteroatoms. The molecule has 1 saturated carbocycles. The Morgan fingerprint density at radius 3 is 2.24 bits per heavy atom. The molecular weight excluding hydrogens is 214 g/mol. The fourth-order valence-electron chi connectivity index (χ4n) is 2.67. The molecule has 1 N–H and O–H groups in total. The van der Waals surface area contributed by atoms with Crippen molar-refractivity contribution in [3.63, 3.8) is 0 Å². The predicted octanol–water partition coefficient (Wildman–Crippen LogP) is 3.58. The van der Waals surface area contributed by atoms with Crippen LogP contribution in [0.3, 0.4) is 0 Å². The van der Waals surface area contributed by atoms with Crippen molar-refractivity contribution in [1.82, 2.24) is 5.32 Å². The molecule has 100 valence electrons. The Morgan fingerprint density at radius 2 is 1.76 bits per heavy atom. The molecule has 1 rings (SSSR count). The van der Waals surface area contributed by atoms with Crippen LogP contribution in [0.5, 0.6) is 0 Å². The standard InChI is InChI=1S/C14H27NO2/c1-10-7-6-8-11(2)12(10)9-15-13(16)17-14(3,4)5/h10-12H,6-9H2,1-5H3,(H,15,16)/t10-,11+,12?. The lowest BCUT2D eigenvalue weighted by atomic mass is 9.74. The van der Waals surface area contributed by atoms with Gasteiger partial charge in [0.25, 0.3) is 0 Å². The molecule has 1 amide bonds. The molecule has 0 aromatic rings. The summed E-state index contributed by atoms with van der Waals surface area (Å²) in [6, 6.07) is 0. The van der Waals surface area contributed by atoms with E-state index in [9.17, 15) is 4.79 Å². The summed E-state index contributed by atoms with van der Waals surface area (Å²) in [5, 5.41) is 2.91. The van der Waals surface area contributed by atoms with E-state index in [1.54, 1.807) is 0 Å². The zero-order chi connectivity index (χ0) is 13.1. The highest BCUT2D eigenvalue weighted by Crippen LogP contribution is 2.33. The van der Waals surface area contributed by atoms with Crippen molar-refractivity contribution in [1.29, 1.82) is 0 Å². The van der Waals surface area contributed by atoms with Gasteiger partial charge < -0.3 is 10.1 Å². The van der Waals surface area contributed by atoms with Crippen LogP contribution in [-0.4, -0.2) is 18.2 Å². The highest BCUT2D eigenvalue weighted by molar-refractivity contribution is 5.67. The Morgan fingerprint density at radius 1 is 1.24 bits per heavy atom. The first-order valence-electron chi connectivity index (χ1n) is 6.76. The van der Waals surface area contributed by atoms with Gasteiger partial charge in [-0.25, -0.2) is 4.79 Å². The van der Waals surface area contributed by atoms with Gasteiger partial charge in [0, 0.05) is 6.54 Å². The van der Waals surface area contributed by atoms with E-state index in [0.717, 1.165) is 6.54 Å². The van der Waals surface area contributed by atoms with Crippen molar-refractivity contribution >= 4 is 6.09 Å². The summed E-state index contributed by atoms with van der Waals surface area (Å²) in [6.07, 6.45) is 3.60. The largest absolute Gasteiger partial charge is 0.444 e. The van der Waals surface area contributed by atoms with Crippen molar-refractivity contribution < 1.29 is 9.53 Å². The second-order valence-corrected chi connectivity index (χ2v) is 6.43. The highest BCUT2D eigenvalue weighted by Gasteiger charge is 2.28. The Labute approximate surface area is 105 Å². The van der Waals surface area contributed by atoms with Crippen LogP contribution in [-0.2, 0) is 4.74 Å². The Kier molecular flexibility index (Phi) is 4.84. The maximum absolute atomic E-state index is 11.6. The van der Waals surface area contributed by atoms with Crippen LogP contribution in [0.15, 0.2) is 0 Å². The van der Waals surface area contributed by atoms with Crippen LogP contribution >= 0.6 is 0 Å². The first kappa shape index (κ1) is 14.3. The molecule has 1 fully saturated rings. The minimum absolute atomic E-state index is 0.289. The van der Waals surface area contributed by atoms with E-state index >= 15 is 0 Å². The molecule has 3 atom stereocenters. The van der Waals surface area contributed by atoms with Crippen LogP contribution in [0.4, 0.5) is 4.79 Å². The number of ether oxygens (including phenoxy) is 1. The summed E-state index contributed by atoms with van der Waals surface area (Å²) in [5.41, 5.74) is -0.409. The lowest BCUT2D eigenvalue weighted by Crippen LogP contribution is -2.39. The maximum atomic E-state index is 11.6. The van der Waals surface area contributed by atoms with Crippen molar-refractivity contribution in [3.8, 4) is 0 Å². The fraction of sp³-hybridized carbons (Fsp3) is 0.929. The fourth-order valence-corrected chi connectivity index (χ4v) is 2.67. The van der Waals surface area contributed by atoms with Gasteiger partial charge in [-0.05, 0) is 38.5 Å². The van der Waals surface area contributed by atoms with Gasteiger partial charge in [0.05, 0.1) is 0 Å². The molecule has 0 aromatic heterocycles. The summed E-state index contributed by atoms with van der Waals surface area (Å²) >= 11 is 0. The molecule has 0 radical (unpaired) electrons. The smallest absolute Gasteiger partial charge is 0.407 e. The molecule has 1 aliphatic rings. The number of carbonyl (C=O) groups is 1. The second kappa shape index (κ2) is 5.74. The molecule has 0 aromatic carbocycles. The number of amides is 1. The zero-order valence-corrected chi connectivity index (χ0v) is 11.9. The van der Waals surface area contributed by atoms with Gasteiger partial charge in [-0.3, -0.25) is 0 Å². The molecule has 0 saturated heterocycles. The number of rotatable bonds is 2. The predicted molar refractivity (Wildman–Crippen MR) is 69.9 cm³/mol. The quantitative estimate of drug-likeness (QED) is 0.802. The van der Waals surface area contributed by atoms with E-state index < -0.39 is 5.60 Å². The summed E-state index contributed by atoms with van der Waals surface area (Å²) in [4.78, 5) is 11.6. The molecule has 1 aliphatic carbocycles. The number of hydrogen-bond acceptors (Lipinski definition) is 2. The Balaban J connectivity index is 2.36. The topological polar surface area (TPSA) is 38.3 Å². The highest BCUT2D eigenvalue weighted by atomic mass is 16.6. The molecule has 0 aliphatic heterocycles. The molecule has 0 bridgehead atoms. The minimum Gasteiger partial charge on any atom is -0.444 e. The van der Waals surface area contributed by atoms with E-state index in [-0.39, 0.29) is 6.09 Å². The van der Waals surface area contributed by atoms with Crippen molar-refractivity contribution in [2.75, 3.05) is 6.54 Å². The average molecular weight is 241 g/mol. The zero-order valence-electron chi connectivity index (χ0n) is 11.9. The van der Waals surface area contributed by atoms with E-state index in [1.807, 2.05) is 20.8 Å². The Hall–Kier alpha value is -0.730. The van der Waals surface area contributed by atoms with Crippen LogP contribution in [0.2, 0.25) is 0 Å². The summed E-state index contributed by atoms with van der Waals surface area (Å²) in [6.45, 7) is 11.0. The minimum atomic E-state index is -0.409. The molecule has 1 unspecified atom stereocenters. The molecule has 3 nitrogen and oxygen atoms in total. The van der Waals surface area contributed by atoms with Gasteiger partial charge >= 0.3 is 6.09 Å². The van der Waals surface area contributed by atoms with Crippen LogP contribution < -0.4 is 5.32 Å². The van der Waals surface area contributed by atoms with E-state index in [0.29, 0.717) is 17.8 Å². The lowest BCUT2D eigenvalue weighted by molar-refractivity contribution is 0.0495. The summed E-state index contributed by atoms with van der Waals surface area (Å²) in [5.74, 6) is 2.00. The number of nitrogens with one attached hydrogen (secondary N) is 1. The van der Waals surface area contributed by atoms with E-state index in [1.165, 1.54) is 19.3 Å². The third-order valence-electron chi connectivity index (χ3n) is 3.66. The molecule has 0 heterocycles. The van der Waals surface area contributed by atoms with Gasteiger partial charge in [0.2, 0.25) is 0 Å². The van der Waals surface area contributed by atoms with Crippen molar-refractivity contribution in [2.24, 2.45) is 17.8 Å². The van der Waals surface area contributed by atoms with E-state index in [2.05, 4.69) is 19.2 Å². The van der Waals surface area contributed by atoms with Crippen LogP contribution in [0.25, 0.3) is 0 Å². The Bertz CT molecular complexity index is 247. The first-order valence-corrected chi connectivity index (χ1v) is 6.76. The lowest BCUT2D eigenvalue weighted by Gasteiger charge is -2.34. The van der Waals surface area contributed by atoms with Gasteiger partial charge in [-0.1, -0.05) is 33.1 Å². The second-order valence-electron chi connectivity index (χ2n) is 6.43. The number of carbonyl (C=O) groups excluding carboxylic acids is 1. The maximum Gasteiger partial charge on any atom is 0.407 e. The average Bonchev–Trinajstić information content (AvgIpc) is 2.14. The molecular formula is C14H27NO2. The first-order chi connectivity index (χ1) is 7.79. The van der Waals surface area contributed by atoms with Gasteiger partial charge in [0.15, 0.2) is 0 Å². The molecule has 0 spiro atoms. The summed E-state index contributed by atoms with van der Waals surface area (Å²) < 4.78 is 5.25. The third kappa shape index (κ3) is 4.97. The van der Waals surface area contributed by atoms with Gasteiger partial charge in [-0.2, -0.15) is 0 Å². The third-order valence-corrected chi connectivity index (χ3v) is 3.66. The van der Waals surface area contributed by atoms with Crippen molar-refractivity contribution in [2.45, 2.75) is 59.5 Å². The van der Waals surface area contributed by atoms with Gasteiger partial charge in [0.1, 0.15) is 5.60 Å². The summed E-state index contributed by atoms with van der Waals surface area (Å²) in [7, 11) is 0. The number of hydrogen-bond donors (Lipinski definition) is 1. The van der Waals surface area contributed by atoms with Crippen molar-refractivity contribution in [3.05, 3.63) is 0 Å². The van der Waals surface area contributed by atoms with Gasteiger partial charge in [-0.15, -0.1) is 0 Å². The number of alkyl carbamates (subject to hydrolysis) is 1. The SMILES string of the molecule is C[C@@H]1CCC[C@H](C)C1CNC(=O)OC(C)(C)C. The van der Waals surface area contributed by atoms with E-state index in [4.69, 9.17) is 4.74 Å². The molecule has 17 heavy (non-hydrogen) atoms.